The van der Waals surface area contributed by atoms with E-state index in [1.165, 1.54) is 0 Å². The summed E-state index contributed by atoms with van der Waals surface area (Å²) in [5.74, 6) is 1.60. The molecule has 72 valence electrons. The van der Waals surface area contributed by atoms with Gasteiger partial charge in [0.1, 0.15) is 5.82 Å². The van der Waals surface area contributed by atoms with Crippen LogP contribution in [0.4, 0.5) is 11.6 Å². The first-order valence-electron chi connectivity index (χ1n) is 4.54. The van der Waals surface area contributed by atoms with Crippen molar-refractivity contribution < 1.29 is 0 Å². The van der Waals surface area contributed by atoms with Gasteiger partial charge in [-0.15, -0.1) is 5.10 Å². The van der Waals surface area contributed by atoms with Gasteiger partial charge in [0.25, 0.3) is 0 Å². The minimum Gasteiger partial charge on any atom is -0.382 e. The maximum Gasteiger partial charge on any atom is 0.151 e. The van der Waals surface area contributed by atoms with Gasteiger partial charge in [0, 0.05) is 18.3 Å². The average molecular weight is 180 g/mol. The highest BCUT2D eigenvalue weighted by atomic mass is 15.3. The predicted octanol–water partition coefficient (Wildman–Crippen LogP) is 1.70. The first kappa shape index (κ1) is 9.64. The zero-order valence-corrected chi connectivity index (χ0v) is 8.33. The largest absolute Gasteiger partial charge is 0.382 e. The van der Waals surface area contributed by atoms with E-state index in [0.29, 0.717) is 5.82 Å². The third-order valence-corrected chi connectivity index (χ3v) is 1.82. The normalized spacial score (nSPS) is 12.5. The lowest BCUT2D eigenvalue weighted by Gasteiger charge is -2.09. The van der Waals surface area contributed by atoms with Crippen LogP contribution in [0.1, 0.15) is 19.4 Å². The Balaban J connectivity index is 0.000000396. The fraction of sp³-hybridized carbons (Fsp3) is 0.444. The third-order valence-electron chi connectivity index (χ3n) is 1.82. The molecule has 0 saturated carbocycles. The van der Waals surface area contributed by atoms with Gasteiger partial charge in [-0.05, 0) is 13.0 Å². The zero-order valence-electron chi connectivity index (χ0n) is 8.33. The zero-order chi connectivity index (χ0) is 9.84. The molecule has 0 amide bonds. The van der Waals surface area contributed by atoms with Crippen molar-refractivity contribution in [2.24, 2.45) is 0 Å². The fourth-order valence-electron chi connectivity index (χ4n) is 1.16. The standard InChI is InChI=1S/C7H10N4.C2H6/c1-5-6(8)10-11-4-2-3-9-7(5)11;1-2/h2,4,9H,3H2,1H3,(H2,8,10);1-2H3. The Labute approximate surface area is 78.4 Å². The van der Waals surface area contributed by atoms with Crippen molar-refractivity contribution >= 4 is 17.8 Å². The molecule has 2 heterocycles. The molecule has 2 rings (SSSR count). The molecule has 0 fully saturated rings. The summed E-state index contributed by atoms with van der Waals surface area (Å²) in [5.41, 5.74) is 6.64. The Morgan fingerprint density at radius 1 is 1.54 bits per heavy atom. The molecule has 0 spiro atoms. The Morgan fingerprint density at radius 3 is 2.85 bits per heavy atom. The number of hydrogen-bond acceptors (Lipinski definition) is 3. The highest BCUT2D eigenvalue weighted by Gasteiger charge is 2.11. The third kappa shape index (κ3) is 1.66. The van der Waals surface area contributed by atoms with Crippen molar-refractivity contribution in [2.75, 3.05) is 17.6 Å². The lowest BCUT2D eigenvalue weighted by Crippen LogP contribution is -2.09. The van der Waals surface area contributed by atoms with Crippen LogP contribution in [0.25, 0.3) is 6.20 Å². The molecule has 1 aromatic rings. The van der Waals surface area contributed by atoms with Crippen molar-refractivity contribution in [3.63, 3.8) is 0 Å². The summed E-state index contributed by atoms with van der Waals surface area (Å²) >= 11 is 0. The van der Waals surface area contributed by atoms with Crippen LogP contribution in [-0.4, -0.2) is 16.3 Å². The Bertz CT molecular complexity index is 312. The topological polar surface area (TPSA) is 55.9 Å². The highest BCUT2D eigenvalue weighted by Crippen LogP contribution is 2.22. The fourth-order valence-corrected chi connectivity index (χ4v) is 1.16. The number of fused-ring (bicyclic) bond motifs is 1. The molecule has 0 unspecified atom stereocenters. The molecule has 0 aliphatic carbocycles. The van der Waals surface area contributed by atoms with E-state index >= 15 is 0 Å². The number of nitrogens with one attached hydrogen (secondary N) is 1. The maximum absolute atomic E-state index is 5.61. The van der Waals surface area contributed by atoms with E-state index in [1.54, 1.807) is 4.68 Å². The first-order chi connectivity index (χ1) is 6.29. The molecule has 1 aromatic heterocycles. The van der Waals surface area contributed by atoms with Crippen molar-refractivity contribution in [1.29, 1.82) is 0 Å². The molecular formula is C9H16N4. The van der Waals surface area contributed by atoms with Crippen molar-refractivity contribution in [3.05, 3.63) is 11.6 Å². The number of anilines is 2. The number of rotatable bonds is 0. The summed E-state index contributed by atoms with van der Waals surface area (Å²) in [6.45, 7) is 6.81. The van der Waals surface area contributed by atoms with E-state index in [9.17, 15) is 0 Å². The molecule has 0 radical (unpaired) electrons. The van der Waals surface area contributed by atoms with E-state index in [2.05, 4.69) is 10.4 Å². The lowest BCUT2D eigenvalue weighted by atomic mass is 10.3. The van der Waals surface area contributed by atoms with Crippen LogP contribution >= 0.6 is 0 Å². The first-order valence-corrected chi connectivity index (χ1v) is 4.54. The molecular weight excluding hydrogens is 164 g/mol. The summed E-state index contributed by atoms with van der Waals surface area (Å²) in [6.07, 6.45) is 3.91. The van der Waals surface area contributed by atoms with Gasteiger partial charge in [0.05, 0.1) is 0 Å². The highest BCUT2D eigenvalue weighted by molar-refractivity contribution is 5.61. The van der Waals surface area contributed by atoms with E-state index < -0.39 is 0 Å². The predicted molar refractivity (Wildman–Crippen MR) is 56.5 cm³/mol. The van der Waals surface area contributed by atoms with Gasteiger partial charge in [-0.2, -0.15) is 0 Å². The summed E-state index contributed by atoms with van der Waals surface area (Å²) in [5, 5.41) is 7.28. The van der Waals surface area contributed by atoms with Crippen molar-refractivity contribution in [2.45, 2.75) is 20.8 Å². The average Bonchev–Trinajstić information content (AvgIpc) is 2.47. The van der Waals surface area contributed by atoms with Crippen LogP contribution in [0.3, 0.4) is 0 Å². The van der Waals surface area contributed by atoms with Crippen LogP contribution in [0.15, 0.2) is 6.08 Å². The number of nitrogen functional groups attached to an aromatic ring is 1. The Kier molecular flexibility index (Phi) is 2.95. The van der Waals surface area contributed by atoms with Gasteiger partial charge < -0.3 is 11.1 Å². The number of hydrogen-bond donors (Lipinski definition) is 2. The van der Waals surface area contributed by atoms with E-state index in [-0.39, 0.29) is 0 Å². The molecule has 4 nitrogen and oxygen atoms in total. The van der Waals surface area contributed by atoms with Gasteiger partial charge in [0.2, 0.25) is 0 Å². The minimum absolute atomic E-state index is 0.596. The van der Waals surface area contributed by atoms with Gasteiger partial charge in [0.15, 0.2) is 5.82 Å². The van der Waals surface area contributed by atoms with Crippen LogP contribution in [0.5, 0.6) is 0 Å². The second kappa shape index (κ2) is 3.98. The second-order valence-corrected chi connectivity index (χ2v) is 2.57. The van der Waals surface area contributed by atoms with Gasteiger partial charge in [-0.1, -0.05) is 13.8 Å². The van der Waals surface area contributed by atoms with Crippen LogP contribution in [0.2, 0.25) is 0 Å². The maximum atomic E-state index is 5.61. The molecule has 13 heavy (non-hydrogen) atoms. The second-order valence-electron chi connectivity index (χ2n) is 2.57. The summed E-state index contributed by atoms with van der Waals surface area (Å²) < 4.78 is 1.76. The summed E-state index contributed by atoms with van der Waals surface area (Å²) in [7, 11) is 0. The molecule has 0 bridgehead atoms. The molecule has 1 aliphatic heterocycles. The van der Waals surface area contributed by atoms with Crippen LogP contribution in [-0.2, 0) is 0 Å². The number of nitrogens with zero attached hydrogens (tertiary/aromatic N) is 2. The van der Waals surface area contributed by atoms with E-state index in [1.807, 2.05) is 33.0 Å². The molecule has 4 heteroatoms. The monoisotopic (exact) mass is 180 g/mol. The Hall–Kier alpha value is -1.45. The van der Waals surface area contributed by atoms with Crippen molar-refractivity contribution in [3.8, 4) is 0 Å². The molecule has 0 saturated heterocycles. The van der Waals surface area contributed by atoms with Gasteiger partial charge >= 0.3 is 0 Å². The smallest absolute Gasteiger partial charge is 0.151 e. The van der Waals surface area contributed by atoms with Crippen LogP contribution in [0, 0.1) is 6.92 Å². The lowest BCUT2D eigenvalue weighted by molar-refractivity contribution is 0.921. The molecule has 0 atom stereocenters. The summed E-state index contributed by atoms with van der Waals surface area (Å²) in [4.78, 5) is 0. The number of aromatic nitrogens is 2. The Morgan fingerprint density at radius 2 is 2.23 bits per heavy atom. The van der Waals surface area contributed by atoms with Crippen molar-refractivity contribution in [1.82, 2.24) is 9.78 Å². The van der Waals surface area contributed by atoms with Gasteiger partial charge in [-0.3, -0.25) is 0 Å². The van der Waals surface area contributed by atoms with E-state index in [4.69, 9.17) is 5.73 Å². The molecule has 3 N–H and O–H groups in total. The van der Waals surface area contributed by atoms with Gasteiger partial charge in [-0.25, -0.2) is 4.68 Å². The molecule has 0 aromatic carbocycles. The minimum atomic E-state index is 0.596. The summed E-state index contributed by atoms with van der Waals surface area (Å²) in [6, 6.07) is 0. The van der Waals surface area contributed by atoms with Crippen LogP contribution < -0.4 is 11.1 Å². The van der Waals surface area contributed by atoms with E-state index in [0.717, 1.165) is 17.9 Å². The number of nitrogens with two attached hydrogens (primary N) is 1. The molecule has 1 aliphatic rings. The quantitative estimate of drug-likeness (QED) is 0.639. The SMILES string of the molecule is CC.Cc1c(N)nn2c1NCC=C2.